The van der Waals surface area contributed by atoms with Gasteiger partial charge in [0.1, 0.15) is 42.6 Å². The Morgan fingerprint density at radius 3 is 2.84 bits per heavy atom. The van der Waals surface area contributed by atoms with Gasteiger partial charge in [0.25, 0.3) is 6.43 Å². The Balaban J connectivity index is 1.76. The summed E-state index contributed by atoms with van der Waals surface area (Å²) in [7, 11) is 1.46. The molecule has 12 heteroatoms. The number of fused-ring (bicyclic) bond motifs is 3. The van der Waals surface area contributed by atoms with Crippen LogP contribution in [0, 0.1) is 0 Å². The minimum Gasteiger partial charge on any atom is -0.495 e. The molecule has 0 aliphatic carbocycles. The lowest BCUT2D eigenvalue weighted by molar-refractivity contribution is -0.118. The van der Waals surface area contributed by atoms with Crippen molar-refractivity contribution < 1.29 is 32.6 Å². The van der Waals surface area contributed by atoms with Gasteiger partial charge in [0.2, 0.25) is 5.91 Å². The lowest BCUT2D eigenvalue weighted by Crippen LogP contribution is -2.38. The Labute approximate surface area is 175 Å². The van der Waals surface area contributed by atoms with Crippen LogP contribution in [0.2, 0.25) is 0 Å². The fourth-order valence-corrected chi connectivity index (χ4v) is 3.48. The number of hydrogen-bond acceptors (Lipinski definition) is 7. The summed E-state index contributed by atoms with van der Waals surface area (Å²) >= 11 is 0. The molecule has 0 radical (unpaired) electrons. The highest BCUT2D eigenvalue weighted by atomic mass is 19.3. The van der Waals surface area contributed by atoms with Crippen LogP contribution in [0.3, 0.4) is 0 Å². The molecule has 166 valence electrons. The fourth-order valence-electron chi connectivity index (χ4n) is 3.48. The molecule has 0 spiro atoms. The molecule has 2 aliphatic rings. The van der Waals surface area contributed by atoms with Crippen molar-refractivity contribution >= 4 is 23.5 Å². The Morgan fingerprint density at radius 2 is 2.16 bits per heavy atom. The van der Waals surface area contributed by atoms with Crippen molar-refractivity contribution in [2.75, 3.05) is 30.5 Å². The van der Waals surface area contributed by atoms with Crippen LogP contribution in [0.25, 0.3) is 11.4 Å². The topological polar surface area (TPSA) is 121 Å². The summed E-state index contributed by atoms with van der Waals surface area (Å²) in [6.45, 7) is 1.86. The van der Waals surface area contributed by atoms with Gasteiger partial charge in [0.05, 0.1) is 24.9 Å². The third kappa shape index (κ3) is 3.68. The number of carbonyl (C=O) groups is 2. The maximum absolute atomic E-state index is 13.4. The highest BCUT2D eigenvalue weighted by Gasteiger charge is 2.42. The van der Waals surface area contributed by atoms with E-state index in [1.165, 1.54) is 13.3 Å². The molecule has 2 aromatic rings. The predicted octanol–water partition coefficient (Wildman–Crippen LogP) is 1.83. The Morgan fingerprint density at radius 1 is 1.39 bits per heavy atom. The number of primary amides is 1. The van der Waals surface area contributed by atoms with Crippen LogP contribution in [0.15, 0.2) is 18.3 Å². The molecule has 3 N–H and O–H groups in total. The number of rotatable bonds is 6. The van der Waals surface area contributed by atoms with Crippen molar-refractivity contribution in [1.82, 2.24) is 9.55 Å². The van der Waals surface area contributed by atoms with E-state index in [0.717, 1.165) is 4.90 Å². The zero-order valence-corrected chi connectivity index (χ0v) is 16.8. The second-order valence-corrected chi connectivity index (χ2v) is 7.13. The first-order chi connectivity index (χ1) is 14.8. The molecule has 3 heterocycles. The number of carbonyl (C=O) groups excluding carboxylic acids is 2. The second-order valence-electron chi connectivity index (χ2n) is 7.13. The van der Waals surface area contributed by atoms with Gasteiger partial charge >= 0.3 is 6.09 Å². The molecule has 1 aromatic heterocycles. The lowest BCUT2D eigenvalue weighted by atomic mass is 10.1. The average Bonchev–Trinajstić information content (AvgIpc) is 3.27. The molecule has 0 saturated carbocycles. The van der Waals surface area contributed by atoms with Crippen molar-refractivity contribution in [3.05, 3.63) is 18.3 Å². The third-order valence-corrected chi connectivity index (χ3v) is 5.14. The minimum absolute atomic E-state index is 0.0687. The molecule has 2 atom stereocenters. The van der Waals surface area contributed by atoms with Crippen LogP contribution < -0.4 is 25.4 Å². The van der Waals surface area contributed by atoms with Gasteiger partial charge in [-0.05, 0) is 13.0 Å². The fraction of sp³-hybridized carbons (Fsp3) is 0.421. The summed E-state index contributed by atoms with van der Waals surface area (Å²) in [5.41, 5.74) is 6.36. The van der Waals surface area contributed by atoms with Crippen molar-refractivity contribution in [2.24, 2.45) is 5.73 Å². The van der Waals surface area contributed by atoms with Crippen molar-refractivity contribution in [2.45, 2.75) is 32.0 Å². The number of alkyl halides is 2. The largest absolute Gasteiger partial charge is 0.495 e. The lowest BCUT2D eigenvalue weighted by Gasteiger charge is -2.18. The maximum atomic E-state index is 13.4. The molecular weight excluding hydrogens is 416 g/mol. The first kappa shape index (κ1) is 20.7. The molecule has 0 bridgehead atoms. The van der Waals surface area contributed by atoms with Gasteiger partial charge in [-0.2, -0.15) is 0 Å². The van der Waals surface area contributed by atoms with E-state index in [4.69, 9.17) is 19.9 Å². The minimum atomic E-state index is -2.77. The molecule has 1 saturated heterocycles. The molecule has 2 amide bonds. The summed E-state index contributed by atoms with van der Waals surface area (Å²) in [6.07, 6.45) is -2.12. The average molecular weight is 437 g/mol. The molecule has 2 aliphatic heterocycles. The zero-order chi connectivity index (χ0) is 22.3. The number of imidazole rings is 1. The number of anilines is 2. The Hall–Kier alpha value is -3.57. The van der Waals surface area contributed by atoms with Gasteiger partial charge in [0, 0.05) is 12.3 Å². The number of cyclic esters (lactones) is 1. The first-order valence-corrected chi connectivity index (χ1v) is 9.52. The number of hydrogen-bond donors (Lipinski definition) is 2. The van der Waals surface area contributed by atoms with Gasteiger partial charge in [-0.15, -0.1) is 0 Å². The summed E-state index contributed by atoms with van der Waals surface area (Å²) in [4.78, 5) is 28.8. The molecule has 4 rings (SSSR count). The predicted molar refractivity (Wildman–Crippen MR) is 106 cm³/mol. The van der Waals surface area contributed by atoms with Gasteiger partial charge in [-0.3, -0.25) is 4.79 Å². The van der Waals surface area contributed by atoms with E-state index in [9.17, 15) is 18.4 Å². The monoisotopic (exact) mass is 437 g/mol. The number of benzene rings is 1. The third-order valence-electron chi connectivity index (χ3n) is 5.14. The van der Waals surface area contributed by atoms with Gasteiger partial charge in [-0.1, -0.05) is 0 Å². The van der Waals surface area contributed by atoms with Gasteiger partial charge in [-0.25, -0.2) is 23.5 Å². The molecule has 31 heavy (non-hydrogen) atoms. The van der Waals surface area contributed by atoms with Crippen molar-refractivity contribution in [3.63, 3.8) is 0 Å². The quantitative estimate of drug-likeness (QED) is 0.707. The summed E-state index contributed by atoms with van der Waals surface area (Å²) in [6, 6.07) is 1.26. The van der Waals surface area contributed by atoms with E-state index >= 15 is 0 Å². The molecule has 1 fully saturated rings. The van der Waals surface area contributed by atoms with E-state index < -0.39 is 37.1 Å². The van der Waals surface area contributed by atoms with Gasteiger partial charge < -0.3 is 29.8 Å². The normalized spacial score (nSPS) is 18.5. The zero-order valence-electron chi connectivity index (χ0n) is 16.8. The van der Waals surface area contributed by atoms with E-state index in [0.29, 0.717) is 35.1 Å². The smallest absolute Gasteiger partial charge is 0.416 e. The number of methoxy groups -OCH3 is 1. The number of nitrogens with two attached hydrogens (primary N) is 1. The maximum Gasteiger partial charge on any atom is 0.416 e. The van der Waals surface area contributed by atoms with E-state index in [-0.39, 0.29) is 12.4 Å². The van der Waals surface area contributed by atoms with Crippen molar-refractivity contribution in [1.29, 1.82) is 0 Å². The number of nitrogens with zero attached hydrogens (tertiary/aromatic N) is 3. The van der Waals surface area contributed by atoms with Crippen LogP contribution in [0.5, 0.6) is 11.5 Å². The summed E-state index contributed by atoms with van der Waals surface area (Å²) in [5.74, 6) is 0.802. The highest BCUT2D eigenvalue weighted by molar-refractivity contribution is 5.90. The molecule has 0 unspecified atom stereocenters. The van der Waals surface area contributed by atoms with E-state index in [2.05, 4.69) is 10.3 Å². The molecule has 10 nitrogen and oxygen atoms in total. The summed E-state index contributed by atoms with van der Waals surface area (Å²) < 4.78 is 44.5. The SMILES string of the molecule is COc1cc2c(cc1N[C@@H](C)C(N)=O)OCCn1cc(N3C(=O)OC[C@H]3C(F)F)nc1-2. The van der Waals surface area contributed by atoms with Crippen LogP contribution in [0.1, 0.15) is 6.92 Å². The Bertz CT molecular complexity index is 1030. The number of amides is 2. The Kier molecular flexibility index (Phi) is 5.29. The number of nitrogens with one attached hydrogen (secondary N) is 1. The second kappa shape index (κ2) is 7.93. The molecule has 1 aromatic carbocycles. The van der Waals surface area contributed by atoms with Crippen LogP contribution in [-0.4, -0.2) is 60.4 Å². The van der Waals surface area contributed by atoms with Crippen LogP contribution in [0.4, 0.5) is 25.1 Å². The first-order valence-electron chi connectivity index (χ1n) is 9.52. The highest BCUT2D eigenvalue weighted by Crippen LogP contribution is 2.41. The standard InChI is InChI=1S/C19H21F2N5O5/c1-9(17(22)27)23-11-6-13-10(5-14(11)29-2)18-24-15(7-25(18)3-4-30-13)26-12(16(20)21)8-31-19(26)28/h5-7,9,12,16,23H,3-4,8H2,1-2H3,(H2,22,27)/t9-,12-/m0/s1. The number of ether oxygens (including phenoxy) is 3. The van der Waals surface area contributed by atoms with Crippen LogP contribution >= 0.6 is 0 Å². The van der Waals surface area contributed by atoms with Crippen molar-refractivity contribution in [3.8, 4) is 22.9 Å². The van der Waals surface area contributed by atoms with Gasteiger partial charge in [0.15, 0.2) is 5.82 Å². The summed E-state index contributed by atoms with van der Waals surface area (Å²) in [5, 5.41) is 2.97. The van der Waals surface area contributed by atoms with E-state index in [1.807, 2.05) is 0 Å². The van der Waals surface area contributed by atoms with E-state index in [1.54, 1.807) is 23.6 Å². The molecular formula is C19H21F2N5O5. The van der Waals surface area contributed by atoms with Crippen LogP contribution in [-0.2, 0) is 16.1 Å². The number of aromatic nitrogens is 2. The number of halogens is 2.